The third-order valence-electron chi connectivity index (χ3n) is 3.16. The lowest BCUT2D eigenvalue weighted by Gasteiger charge is -2.25. The fourth-order valence-electron chi connectivity index (χ4n) is 2.26. The summed E-state index contributed by atoms with van der Waals surface area (Å²) in [6, 6.07) is 8.05. The van der Waals surface area contributed by atoms with Gasteiger partial charge in [-0.15, -0.1) is 0 Å². The van der Waals surface area contributed by atoms with E-state index in [-0.39, 0.29) is 6.04 Å². The molecule has 1 aromatic carbocycles. The fraction of sp³-hybridized carbons (Fsp3) is 0.600. The topological polar surface area (TPSA) is 41.5 Å². The normalized spacial score (nSPS) is 14.4. The summed E-state index contributed by atoms with van der Waals surface area (Å²) in [5.74, 6) is 0.365. The summed E-state index contributed by atoms with van der Waals surface area (Å²) in [5, 5.41) is 13.5. The number of phenolic OH excluding ortho intramolecular Hbond substituents is 1. The smallest absolute Gasteiger partial charge is 0.120 e. The van der Waals surface area contributed by atoms with Crippen molar-refractivity contribution in [2.75, 3.05) is 13.7 Å². The lowest BCUT2D eigenvalue weighted by Crippen LogP contribution is -2.36. The van der Waals surface area contributed by atoms with Crippen LogP contribution in [0.1, 0.15) is 44.7 Å². The maximum Gasteiger partial charge on any atom is 0.120 e. The second kappa shape index (κ2) is 8.11. The highest BCUT2D eigenvalue weighted by atomic mass is 16.5. The first kappa shape index (κ1) is 15.0. The molecule has 2 N–H and O–H groups in total. The van der Waals surface area contributed by atoms with Gasteiger partial charge in [0.1, 0.15) is 5.75 Å². The maximum atomic E-state index is 9.91. The number of benzene rings is 1. The summed E-state index contributed by atoms with van der Waals surface area (Å²) >= 11 is 0. The van der Waals surface area contributed by atoms with Crippen molar-refractivity contribution in [3.05, 3.63) is 29.8 Å². The summed E-state index contributed by atoms with van der Waals surface area (Å²) in [5.41, 5.74) is 0.970. The van der Waals surface area contributed by atoms with E-state index in [2.05, 4.69) is 19.2 Å². The van der Waals surface area contributed by atoms with Gasteiger partial charge in [-0.25, -0.2) is 0 Å². The number of hydrogen-bond acceptors (Lipinski definition) is 3. The summed E-state index contributed by atoms with van der Waals surface area (Å²) in [7, 11) is 1.73. The van der Waals surface area contributed by atoms with Gasteiger partial charge in [0.25, 0.3) is 0 Å². The van der Waals surface area contributed by atoms with E-state index in [1.165, 1.54) is 0 Å². The van der Waals surface area contributed by atoms with E-state index in [9.17, 15) is 5.11 Å². The van der Waals surface area contributed by atoms with Crippen LogP contribution in [0.25, 0.3) is 0 Å². The van der Waals surface area contributed by atoms with Crippen molar-refractivity contribution in [3.8, 4) is 5.75 Å². The zero-order valence-corrected chi connectivity index (χ0v) is 11.6. The number of phenols is 1. The van der Waals surface area contributed by atoms with E-state index in [4.69, 9.17) is 4.74 Å². The van der Waals surface area contributed by atoms with Crippen molar-refractivity contribution in [1.82, 2.24) is 5.32 Å². The average molecular weight is 251 g/mol. The highest BCUT2D eigenvalue weighted by Crippen LogP contribution is 2.26. The summed E-state index contributed by atoms with van der Waals surface area (Å²) in [6.45, 7) is 5.00. The van der Waals surface area contributed by atoms with E-state index in [1.807, 2.05) is 18.2 Å². The molecule has 0 radical (unpaired) electrons. The van der Waals surface area contributed by atoms with E-state index in [0.717, 1.165) is 24.8 Å². The molecule has 102 valence electrons. The summed E-state index contributed by atoms with van der Waals surface area (Å²) < 4.78 is 5.24. The lowest BCUT2D eigenvalue weighted by molar-refractivity contribution is 0.155. The Morgan fingerprint density at radius 2 is 2.00 bits per heavy atom. The highest BCUT2D eigenvalue weighted by Gasteiger charge is 2.17. The van der Waals surface area contributed by atoms with Crippen molar-refractivity contribution < 1.29 is 9.84 Å². The number of ether oxygens (including phenoxy) is 1. The zero-order valence-electron chi connectivity index (χ0n) is 11.6. The Morgan fingerprint density at radius 1 is 1.28 bits per heavy atom. The lowest BCUT2D eigenvalue weighted by atomic mass is 10.0. The molecule has 2 unspecified atom stereocenters. The Hall–Kier alpha value is -1.06. The van der Waals surface area contributed by atoms with Crippen molar-refractivity contribution in [2.45, 2.75) is 45.2 Å². The van der Waals surface area contributed by atoms with Gasteiger partial charge < -0.3 is 15.2 Å². The molecular weight excluding hydrogens is 226 g/mol. The molecule has 2 atom stereocenters. The van der Waals surface area contributed by atoms with Crippen LogP contribution in [0.5, 0.6) is 5.75 Å². The van der Waals surface area contributed by atoms with Crippen molar-refractivity contribution in [1.29, 1.82) is 0 Å². The SMILES string of the molecule is CCCC(COC)NC(CC)c1ccccc1O. The Morgan fingerprint density at radius 3 is 2.56 bits per heavy atom. The van der Waals surface area contributed by atoms with E-state index in [1.54, 1.807) is 13.2 Å². The molecule has 0 spiro atoms. The van der Waals surface area contributed by atoms with E-state index < -0.39 is 0 Å². The van der Waals surface area contributed by atoms with Crippen molar-refractivity contribution >= 4 is 0 Å². The van der Waals surface area contributed by atoms with Gasteiger partial charge in [-0.1, -0.05) is 38.5 Å². The molecule has 0 heterocycles. The Balaban J connectivity index is 2.73. The van der Waals surface area contributed by atoms with Crippen molar-refractivity contribution in [3.63, 3.8) is 0 Å². The molecule has 3 nitrogen and oxygen atoms in total. The quantitative estimate of drug-likeness (QED) is 0.745. The Labute approximate surface area is 110 Å². The third-order valence-corrected chi connectivity index (χ3v) is 3.16. The van der Waals surface area contributed by atoms with Gasteiger partial charge in [-0.05, 0) is 18.9 Å². The molecule has 0 amide bonds. The molecular formula is C15H25NO2. The van der Waals surface area contributed by atoms with Crippen LogP contribution < -0.4 is 5.32 Å². The molecule has 0 aliphatic heterocycles. The van der Waals surface area contributed by atoms with Gasteiger partial charge >= 0.3 is 0 Å². The maximum absolute atomic E-state index is 9.91. The number of hydrogen-bond donors (Lipinski definition) is 2. The minimum Gasteiger partial charge on any atom is -0.508 e. The molecule has 0 aliphatic rings. The second-order valence-corrected chi connectivity index (χ2v) is 4.63. The first-order chi connectivity index (χ1) is 8.72. The van der Waals surface area contributed by atoms with Gasteiger partial charge in [0, 0.05) is 24.8 Å². The van der Waals surface area contributed by atoms with Crippen LogP contribution in [0, 0.1) is 0 Å². The molecule has 1 rings (SSSR count). The van der Waals surface area contributed by atoms with Crippen LogP contribution in [-0.4, -0.2) is 24.9 Å². The second-order valence-electron chi connectivity index (χ2n) is 4.63. The monoisotopic (exact) mass is 251 g/mol. The van der Waals surface area contributed by atoms with Crippen LogP contribution in [0.3, 0.4) is 0 Å². The molecule has 18 heavy (non-hydrogen) atoms. The van der Waals surface area contributed by atoms with Gasteiger partial charge in [0.15, 0.2) is 0 Å². The van der Waals surface area contributed by atoms with Crippen LogP contribution in [0.15, 0.2) is 24.3 Å². The average Bonchev–Trinajstić information content (AvgIpc) is 2.37. The van der Waals surface area contributed by atoms with Crippen LogP contribution >= 0.6 is 0 Å². The molecule has 0 fully saturated rings. The van der Waals surface area contributed by atoms with Gasteiger partial charge in [0.2, 0.25) is 0 Å². The highest BCUT2D eigenvalue weighted by molar-refractivity contribution is 5.34. The van der Waals surface area contributed by atoms with Crippen LogP contribution in [0.2, 0.25) is 0 Å². The number of rotatable bonds is 8. The van der Waals surface area contributed by atoms with Gasteiger partial charge in [-0.2, -0.15) is 0 Å². The predicted octanol–water partition coefficient (Wildman–Crippen LogP) is 3.25. The standard InChI is InChI=1S/C15H25NO2/c1-4-8-12(11-18-3)16-14(5-2)13-9-6-7-10-15(13)17/h6-7,9-10,12,14,16-17H,4-5,8,11H2,1-3H3. The first-order valence-electron chi connectivity index (χ1n) is 6.75. The molecule has 3 heteroatoms. The number of para-hydroxylation sites is 1. The molecule has 0 bridgehead atoms. The predicted molar refractivity (Wildman–Crippen MR) is 74.8 cm³/mol. The fourth-order valence-corrected chi connectivity index (χ4v) is 2.26. The molecule has 1 aromatic rings. The Bertz CT molecular complexity index is 335. The van der Waals surface area contributed by atoms with Crippen LogP contribution in [-0.2, 0) is 4.74 Å². The minimum absolute atomic E-state index is 0.179. The largest absolute Gasteiger partial charge is 0.508 e. The molecule has 0 saturated carbocycles. The van der Waals surface area contributed by atoms with Gasteiger partial charge in [0.05, 0.1) is 6.61 Å². The van der Waals surface area contributed by atoms with Crippen molar-refractivity contribution in [2.24, 2.45) is 0 Å². The third kappa shape index (κ3) is 4.31. The number of aromatic hydroxyl groups is 1. The Kier molecular flexibility index (Phi) is 6.76. The molecule has 0 aliphatic carbocycles. The zero-order chi connectivity index (χ0) is 13.4. The van der Waals surface area contributed by atoms with E-state index >= 15 is 0 Å². The van der Waals surface area contributed by atoms with E-state index in [0.29, 0.717) is 18.4 Å². The summed E-state index contributed by atoms with van der Waals surface area (Å²) in [6.07, 6.45) is 3.15. The summed E-state index contributed by atoms with van der Waals surface area (Å²) in [4.78, 5) is 0. The number of methoxy groups -OCH3 is 1. The van der Waals surface area contributed by atoms with Crippen LogP contribution in [0.4, 0.5) is 0 Å². The minimum atomic E-state index is 0.179. The van der Waals surface area contributed by atoms with Gasteiger partial charge in [-0.3, -0.25) is 0 Å². The number of nitrogens with one attached hydrogen (secondary N) is 1. The molecule has 0 aromatic heterocycles. The first-order valence-corrected chi connectivity index (χ1v) is 6.75. The molecule has 0 saturated heterocycles.